The summed E-state index contributed by atoms with van der Waals surface area (Å²) < 4.78 is 6.90. The van der Waals surface area contributed by atoms with Crippen molar-refractivity contribution in [3.8, 4) is 5.75 Å². The number of rotatable bonds is 10. The minimum absolute atomic E-state index is 0.0801. The highest BCUT2D eigenvalue weighted by molar-refractivity contribution is 5.90. The summed E-state index contributed by atoms with van der Waals surface area (Å²) >= 11 is 0. The molecule has 1 N–H and O–H groups in total. The van der Waals surface area contributed by atoms with Crippen molar-refractivity contribution in [1.29, 1.82) is 0 Å². The molecule has 7 nitrogen and oxygen atoms in total. The summed E-state index contributed by atoms with van der Waals surface area (Å²) in [5.41, 5.74) is 5.03. The van der Waals surface area contributed by atoms with Gasteiger partial charge >= 0.3 is 0 Å². The average Bonchev–Trinajstić information content (AvgIpc) is 3.28. The number of hydrogen-bond acceptors (Lipinski definition) is 5. The van der Waals surface area contributed by atoms with Crippen molar-refractivity contribution in [3.05, 3.63) is 89.8 Å². The molecular weight excluding hydrogens is 392 g/mol. The zero-order valence-electron chi connectivity index (χ0n) is 17.6. The number of aromatic nitrogens is 3. The second kappa shape index (κ2) is 11.5. The molecule has 0 spiro atoms. The minimum Gasteiger partial charge on any atom is -0.497 e. The molecular formula is C24H26N4O3. The molecule has 7 heteroatoms. The molecule has 0 aliphatic carbocycles. The Morgan fingerprint density at radius 2 is 1.90 bits per heavy atom. The lowest BCUT2D eigenvalue weighted by Gasteiger charge is -2.09. The van der Waals surface area contributed by atoms with Gasteiger partial charge in [0.15, 0.2) is 0 Å². The summed E-state index contributed by atoms with van der Waals surface area (Å²) in [6.07, 6.45) is 9.81. The maximum absolute atomic E-state index is 12.0. The molecule has 0 saturated heterocycles. The molecule has 1 unspecified atom stereocenters. The van der Waals surface area contributed by atoms with Gasteiger partial charge in [0, 0.05) is 6.08 Å². The average molecular weight is 418 g/mol. The van der Waals surface area contributed by atoms with Crippen LogP contribution in [0.25, 0.3) is 12.2 Å². The van der Waals surface area contributed by atoms with E-state index in [1.807, 2.05) is 60.8 Å². The maximum Gasteiger partial charge on any atom is 0.267 e. The van der Waals surface area contributed by atoms with Crippen molar-refractivity contribution in [2.75, 3.05) is 7.11 Å². The summed E-state index contributed by atoms with van der Waals surface area (Å²) in [6, 6.07) is 17.6. The largest absolute Gasteiger partial charge is 0.497 e. The Morgan fingerprint density at radius 3 is 2.61 bits per heavy atom. The summed E-state index contributed by atoms with van der Waals surface area (Å²) in [5, 5.41) is 8.30. The SMILES string of the molecule is CCC(/C=C/c1ccccc1)n1cc(/C=C/C(=O)NOCc2ccc(OC)cc2)nn1. The number of nitrogens with zero attached hydrogens (tertiary/aromatic N) is 3. The number of hydroxylamine groups is 1. The molecule has 2 aromatic carbocycles. The maximum atomic E-state index is 12.0. The Balaban J connectivity index is 1.49. The molecule has 0 bridgehead atoms. The molecule has 1 amide bonds. The van der Waals surface area contributed by atoms with Crippen molar-refractivity contribution in [2.24, 2.45) is 0 Å². The van der Waals surface area contributed by atoms with Gasteiger partial charge in [-0.05, 0) is 35.8 Å². The van der Waals surface area contributed by atoms with Crippen molar-refractivity contribution in [2.45, 2.75) is 26.0 Å². The fraction of sp³-hybridized carbons (Fsp3) is 0.208. The number of ether oxygens (including phenoxy) is 1. The number of carbonyl (C=O) groups is 1. The van der Waals surface area contributed by atoms with Gasteiger partial charge < -0.3 is 4.74 Å². The van der Waals surface area contributed by atoms with Crippen LogP contribution in [0.2, 0.25) is 0 Å². The Morgan fingerprint density at radius 1 is 1.13 bits per heavy atom. The molecule has 0 fully saturated rings. The van der Waals surface area contributed by atoms with Crippen molar-refractivity contribution >= 4 is 18.1 Å². The highest BCUT2D eigenvalue weighted by atomic mass is 16.6. The zero-order valence-corrected chi connectivity index (χ0v) is 17.6. The van der Waals surface area contributed by atoms with Crippen molar-refractivity contribution < 1.29 is 14.4 Å². The van der Waals surface area contributed by atoms with Gasteiger partial charge in [0.1, 0.15) is 11.4 Å². The molecule has 160 valence electrons. The second-order valence-corrected chi connectivity index (χ2v) is 6.81. The number of carbonyl (C=O) groups excluding carboxylic acids is 1. The lowest BCUT2D eigenvalue weighted by atomic mass is 10.1. The zero-order chi connectivity index (χ0) is 21.9. The molecule has 0 radical (unpaired) electrons. The van der Waals surface area contributed by atoms with Crippen LogP contribution in [0.15, 0.2) is 72.9 Å². The molecule has 1 aromatic heterocycles. The van der Waals surface area contributed by atoms with E-state index in [0.717, 1.165) is 23.3 Å². The standard InChI is InChI=1S/C24H26N4O3/c1-3-22(13-9-19-7-5-4-6-8-19)28-17-21(25-27-28)12-16-24(29)26-31-18-20-10-14-23(30-2)15-11-20/h4-17,22H,3,18H2,1-2H3,(H,26,29)/b13-9+,16-12+. The number of allylic oxidation sites excluding steroid dienone is 1. The van der Waals surface area contributed by atoms with E-state index in [1.165, 1.54) is 6.08 Å². The van der Waals surface area contributed by atoms with Crippen LogP contribution in [0.1, 0.15) is 36.2 Å². The van der Waals surface area contributed by atoms with E-state index in [4.69, 9.17) is 9.57 Å². The Hall–Kier alpha value is -3.71. The van der Waals surface area contributed by atoms with E-state index < -0.39 is 0 Å². The molecule has 0 aliphatic heterocycles. The van der Waals surface area contributed by atoms with Gasteiger partial charge in [0.05, 0.1) is 26.0 Å². The van der Waals surface area contributed by atoms with Gasteiger partial charge in [0.25, 0.3) is 5.91 Å². The van der Waals surface area contributed by atoms with Crippen LogP contribution < -0.4 is 10.2 Å². The first-order valence-electron chi connectivity index (χ1n) is 10.1. The molecule has 1 atom stereocenters. The number of methoxy groups -OCH3 is 1. The smallest absolute Gasteiger partial charge is 0.267 e. The van der Waals surface area contributed by atoms with E-state index in [9.17, 15) is 4.79 Å². The summed E-state index contributed by atoms with van der Waals surface area (Å²) in [5.74, 6) is 0.392. The monoisotopic (exact) mass is 418 g/mol. The topological polar surface area (TPSA) is 78.3 Å². The first-order valence-corrected chi connectivity index (χ1v) is 10.1. The summed E-state index contributed by atoms with van der Waals surface area (Å²) in [4.78, 5) is 17.2. The van der Waals surface area contributed by atoms with E-state index in [-0.39, 0.29) is 18.6 Å². The highest BCUT2D eigenvalue weighted by Gasteiger charge is 2.07. The molecule has 0 aliphatic rings. The van der Waals surface area contributed by atoms with Gasteiger partial charge in [0.2, 0.25) is 0 Å². The third kappa shape index (κ3) is 6.94. The number of benzene rings is 2. The van der Waals surface area contributed by atoms with Crippen LogP contribution in [0, 0.1) is 0 Å². The van der Waals surface area contributed by atoms with Crippen LogP contribution >= 0.6 is 0 Å². The van der Waals surface area contributed by atoms with Crippen LogP contribution in [0.4, 0.5) is 0 Å². The highest BCUT2D eigenvalue weighted by Crippen LogP contribution is 2.15. The second-order valence-electron chi connectivity index (χ2n) is 6.81. The lowest BCUT2D eigenvalue weighted by molar-refractivity contribution is -0.129. The summed E-state index contributed by atoms with van der Waals surface area (Å²) in [7, 11) is 1.61. The number of nitrogens with one attached hydrogen (secondary N) is 1. The van der Waals surface area contributed by atoms with Crippen LogP contribution in [0.3, 0.4) is 0 Å². The molecule has 0 saturated carbocycles. The van der Waals surface area contributed by atoms with Gasteiger partial charge in [-0.15, -0.1) is 5.10 Å². The van der Waals surface area contributed by atoms with E-state index >= 15 is 0 Å². The predicted octanol–water partition coefficient (Wildman–Crippen LogP) is 4.21. The van der Waals surface area contributed by atoms with E-state index in [1.54, 1.807) is 17.9 Å². The minimum atomic E-state index is -0.376. The Labute approximate surface area is 182 Å². The van der Waals surface area contributed by atoms with Crippen LogP contribution in [-0.4, -0.2) is 28.0 Å². The molecule has 3 rings (SSSR count). The normalized spacial score (nSPS) is 12.3. The third-order valence-corrected chi connectivity index (χ3v) is 4.57. The Bertz CT molecular complexity index is 1010. The fourth-order valence-corrected chi connectivity index (χ4v) is 2.83. The first kappa shape index (κ1) is 22.0. The van der Waals surface area contributed by atoms with Crippen molar-refractivity contribution in [1.82, 2.24) is 20.5 Å². The molecule has 1 heterocycles. The van der Waals surface area contributed by atoms with E-state index in [2.05, 4.69) is 34.9 Å². The van der Waals surface area contributed by atoms with Gasteiger partial charge in [-0.25, -0.2) is 10.2 Å². The first-order chi connectivity index (χ1) is 15.2. The van der Waals surface area contributed by atoms with Crippen molar-refractivity contribution in [3.63, 3.8) is 0 Å². The Kier molecular flexibility index (Phi) is 8.13. The third-order valence-electron chi connectivity index (χ3n) is 4.57. The predicted molar refractivity (Wildman–Crippen MR) is 120 cm³/mol. The lowest BCUT2D eigenvalue weighted by Crippen LogP contribution is -2.21. The van der Waals surface area contributed by atoms with E-state index in [0.29, 0.717) is 5.69 Å². The summed E-state index contributed by atoms with van der Waals surface area (Å²) in [6.45, 7) is 2.34. The number of amides is 1. The van der Waals surface area contributed by atoms with Gasteiger partial charge in [-0.2, -0.15) is 0 Å². The fourth-order valence-electron chi connectivity index (χ4n) is 2.83. The van der Waals surface area contributed by atoms with Gasteiger partial charge in [-0.3, -0.25) is 9.63 Å². The number of hydrogen-bond donors (Lipinski definition) is 1. The van der Waals surface area contributed by atoms with Gasteiger partial charge in [-0.1, -0.05) is 66.8 Å². The quantitative estimate of drug-likeness (QED) is 0.394. The molecule has 3 aromatic rings. The van der Waals surface area contributed by atoms with Crippen LogP contribution in [0.5, 0.6) is 5.75 Å². The van der Waals surface area contributed by atoms with Crippen LogP contribution in [-0.2, 0) is 16.2 Å². The molecule has 31 heavy (non-hydrogen) atoms.